The molecule has 0 spiro atoms. The highest BCUT2D eigenvalue weighted by atomic mass is 127. The van der Waals surface area contributed by atoms with Crippen molar-refractivity contribution in [2.24, 2.45) is 0 Å². The van der Waals surface area contributed by atoms with Crippen LogP contribution in [0.25, 0.3) is 0 Å². The normalized spacial score (nSPS) is 10.2. The Balaban J connectivity index is 0.000000283. The molecular formula is C20H20Cl2I2O4. The van der Waals surface area contributed by atoms with Crippen LogP contribution < -0.4 is 4.74 Å². The molecule has 2 aromatic carbocycles. The molecule has 0 heterocycles. The number of hydrogen-bond acceptors (Lipinski definition) is 4. The van der Waals surface area contributed by atoms with Crippen LogP contribution in [0, 0.1) is 21.0 Å². The zero-order valence-corrected chi connectivity index (χ0v) is 21.9. The highest BCUT2D eigenvalue weighted by Crippen LogP contribution is 2.34. The van der Waals surface area contributed by atoms with Gasteiger partial charge in [-0.1, -0.05) is 23.2 Å². The molecule has 4 nitrogen and oxygen atoms in total. The fourth-order valence-electron chi connectivity index (χ4n) is 2.21. The lowest BCUT2D eigenvalue weighted by Gasteiger charge is -2.13. The second kappa shape index (κ2) is 11.0. The maximum absolute atomic E-state index is 11.4. The van der Waals surface area contributed by atoms with Crippen LogP contribution in [-0.2, 0) is 0 Å². The number of benzene rings is 2. The van der Waals surface area contributed by atoms with Crippen molar-refractivity contribution in [2.45, 2.75) is 34.6 Å². The third-order valence-corrected chi connectivity index (χ3v) is 7.28. The third kappa shape index (κ3) is 5.96. The number of phenolic OH excluding ortho intramolecular Hbond substituents is 1. The average molecular weight is 649 g/mol. The topological polar surface area (TPSA) is 63.6 Å². The maximum Gasteiger partial charge on any atom is 0.163 e. The first-order valence-corrected chi connectivity index (χ1v) is 11.2. The fourth-order valence-corrected chi connectivity index (χ4v) is 4.26. The molecule has 0 bridgehead atoms. The van der Waals surface area contributed by atoms with Gasteiger partial charge in [0.1, 0.15) is 11.5 Å². The van der Waals surface area contributed by atoms with Gasteiger partial charge in [-0.05, 0) is 103 Å². The van der Waals surface area contributed by atoms with Gasteiger partial charge in [0.05, 0.1) is 24.9 Å². The lowest BCUT2D eigenvalue weighted by molar-refractivity contribution is 0.100. The molecule has 0 saturated carbocycles. The molecule has 0 aromatic heterocycles. The first-order chi connectivity index (χ1) is 12.9. The smallest absolute Gasteiger partial charge is 0.163 e. The minimum absolute atomic E-state index is 0.0231. The van der Waals surface area contributed by atoms with E-state index in [0.29, 0.717) is 31.5 Å². The Bertz CT molecular complexity index is 927. The third-order valence-electron chi connectivity index (χ3n) is 3.87. The first kappa shape index (κ1) is 25.5. The molecule has 1 N–H and O–H groups in total. The number of carbonyl (C=O) groups excluding carboxylic acids is 2. The number of halogens is 4. The van der Waals surface area contributed by atoms with Gasteiger partial charge in [0, 0.05) is 10.0 Å². The number of carbonyl (C=O) groups is 2. The minimum atomic E-state index is -0.183. The number of aromatic hydroxyl groups is 1. The summed E-state index contributed by atoms with van der Waals surface area (Å²) in [5, 5.41) is 10.7. The van der Waals surface area contributed by atoms with Crippen molar-refractivity contribution < 1.29 is 19.4 Å². The van der Waals surface area contributed by atoms with E-state index in [0.717, 1.165) is 14.7 Å². The number of ketones is 2. The van der Waals surface area contributed by atoms with Crippen molar-refractivity contribution in [1.29, 1.82) is 0 Å². The van der Waals surface area contributed by atoms with E-state index in [-0.39, 0.29) is 22.9 Å². The van der Waals surface area contributed by atoms with Crippen molar-refractivity contribution in [3.63, 3.8) is 0 Å². The van der Waals surface area contributed by atoms with Crippen LogP contribution in [0.2, 0.25) is 10.0 Å². The quantitative estimate of drug-likeness (QED) is 0.286. The summed E-state index contributed by atoms with van der Waals surface area (Å²) in [5.74, 6) is 0.457. The van der Waals surface area contributed by atoms with E-state index in [2.05, 4.69) is 22.6 Å². The van der Waals surface area contributed by atoms with Gasteiger partial charge in [0.2, 0.25) is 0 Å². The number of rotatable bonds is 4. The van der Waals surface area contributed by atoms with Gasteiger partial charge in [-0.15, -0.1) is 0 Å². The van der Waals surface area contributed by atoms with Crippen molar-refractivity contribution in [1.82, 2.24) is 0 Å². The molecule has 0 fully saturated rings. The summed E-state index contributed by atoms with van der Waals surface area (Å²) >= 11 is 16.0. The molecule has 28 heavy (non-hydrogen) atoms. The van der Waals surface area contributed by atoms with E-state index in [4.69, 9.17) is 27.9 Å². The molecule has 0 aliphatic rings. The van der Waals surface area contributed by atoms with Crippen LogP contribution >= 0.6 is 68.4 Å². The summed E-state index contributed by atoms with van der Waals surface area (Å²) in [6, 6.07) is 3.17. The summed E-state index contributed by atoms with van der Waals surface area (Å²) in [4.78, 5) is 22.5. The predicted octanol–water partition coefficient (Wildman–Crippen LogP) is 7.02. The van der Waals surface area contributed by atoms with E-state index in [1.165, 1.54) is 19.9 Å². The van der Waals surface area contributed by atoms with Gasteiger partial charge in [-0.3, -0.25) is 9.59 Å². The summed E-state index contributed by atoms with van der Waals surface area (Å²) in [7, 11) is 0. The van der Waals surface area contributed by atoms with Crippen molar-refractivity contribution >= 4 is 80.0 Å². The molecule has 0 saturated heterocycles. The highest BCUT2D eigenvalue weighted by Gasteiger charge is 2.17. The van der Waals surface area contributed by atoms with Gasteiger partial charge in [0.15, 0.2) is 11.6 Å². The summed E-state index contributed by atoms with van der Waals surface area (Å²) < 4.78 is 7.02. The molecule has 0 amide bonds. The Morgan fingerprint density at radius 1 is 0.964 bits per heavy atom. The van der Waals surface area contributed by atoms with Crippen LogP contribution in [0.15, 0.2) is 12.1 Å². The van der Waals surface area contributed by atoms with E-state index >= 15 is 0 Å². The van der Waals surface area contributed by atoms with Crippen LogP contribution in [-0.4, -0.2) is 23.3 Å². The van der Waals surface area contributed by atoms with Gasteiger partial charge < -0.3 is 9.84 Å². The second-order valence-electron chi connectivity index (χ2n) is 5.91. The second-order valence-corrected chi connectivity index (χ2v) is 8.88. The van der Waals surface area contributed by atoms with E-state index in [1.807, 2.05) is 36.4 Å². The standard InChI is InChI=1S/C11H12ClIO2.C9H8ClIO2/c1-4-15-11-8(7(3)14)5-9(12)6(2)10(11)13;1-4-7(10)3-6(5(2)12)9(13)8(4)11/h5H,4H2,1-3H3;3,13H,1-2H3. The van der Waals surface area contributed by atoms with Crippen LogP contribution in [0.1, 0.15) is 52.6 Å². The van der Waals surface area contributed by atoms with Crippen LogP contribution in [0.5, 0.6) is 11.5 Å². The van der Waals surface area contributed by atoms with Gasteiger partial charge >= 0.3 is 0 Å². The Morgan fingerprint density at radius 3 is 1.82 bits per heavy atom. The van der Waals surface area contributed by atoms with Crippen LogP contribution in [0.4, 0.5) is 0 Å². The molecule has 2 rings (SSSR count). The number of hydrogen-bond donors (Lipinski definition) is 1. The predicted molar refractivity (Wildman–Crippen MR) is 131 cm³/mol. The largest absolute Gasteiger partial charge is 0.506 e. The lowest BCUT2D eigenvalue weighted by atomic mass is 10.1. The van der Waals surface area contributed by atoms with Crippen LogP contribution in [0.3, 0.4) is 0 Å². The SMILES string of the molecule is CC(=O)c1cc(Cl)c(C)c(I)c1O.CCOc1c(C(C)=O)cc(Cl)c(C)c1I. The van der Waals surface area contributed by atoms with Gasteiger partial charge in [-0.2, -0.15) is 0 Å². The van der Waals surface area contributed by atoms with E-state index in [1.54, 1.807) is 13.0 Å². The highest BCUT2D eigenvalue weighted by molar-refractivity contribution is 14.1. The molecular weight excluding hydrogens is 629 g/mol. The molecule has 0 aliphatic heterocycles. The summed E-state index contributed by atoms with van der Waals surface area (Å²) in [5.41, 5.74) is 2.58. The molecule has 2 aromatic rings. The Labute approximate surface area is 202 Å². The Hall–Kier alpha value is -0.580. The monoisotopic (exact) mass is 648 g/mol. The first-order valence-electron chi connectivity index (χ1n) is 8.24. The number of ether oxygens (including phenoxy) is 1. The zero-order valence-electron chi connectivity index (χ0n) is 16.0. The lowest BCUT2D eigenvalue weighted by Crippen LogP contribution is -2.04. The molecule has 0 radical (unpaired) electrons. The molecule has 152 valence electrons. The van der Waals surface area contributed by atoms with E-state index < -0.39 is 0 Å². The molecule has 0 unspecified atom stereocenters. The Morgan fingerprint density at radius 2 is 1.39 bits per heavy atom. The number of phenols is 1. The zero-order chi connectivity index (χ0) is 21.8. The molecule has 0 aliphatic carbocycles. The van der Waals surface area contributed by atoms with Gasteiger partial charge in [-0.25, -0.2) is 0 Å². The van der Waals surface area contributed by atoms with Crippen molar-refractivity contribution in [3.05, 3.63) is 51.6 Å². The summed E-state index contributed by atoms with van der Waals surface area (Å²) in [6.07, 6.45) is 0. The molecule has 0 atom stereocenters. The van der Waals surface area contributed by atoms with Crippen molar-refractivity contribution in [3.8, 4) is 11.5 Å². The molecule has 8 heteroatoms. The Kier molecular flexibility index (Phi) is 9.99. The van der Waals surface area contributed by atoms with E-state index in [9.17, 15) is 14.7 Å². The average Bonchev–Trinajstić information content (AvgIpc) is 2.63. The number of Topliss-reactive ketones (excluding diaryl/α,β-unsaturated/α-hetero) is 2. The maximum atomic E-state index is 11.4. The van der Waals surface area contributed by atoms with Gasteiger partial charge in [0.25, 0.3) is 0 Å². The summed E-state index contributed by atoms with van der Waals surface area (Å²) in [6.45, 7) is 9.06. The van der Waals surface area contributed by atoms with Crippen molar-refractivity contribution in [2.75, 3.05) is 6.61 Å². The minimum Gasteiger partial charge on any atom is -0.506 e. The fraction of sp³-hybridized carbons (Fsp3) is 0.300.